The zero-order valence-corrected chi connectivity index (χ0v) is 7.31. The van der Waals surface area contributed by atoms with Crippen molar-refractivity contribution in [2.75, 3.05) is 0 Å². The smallest absolute Gasteiger partial charge is 0.361 e. The number of nitrogens with one attached hydrogen (secondary N) is 1. The molecule has 0 atom stereocenters. The first-order chi connectivity index (χ1) is 6.86. The minimum absolute atomic E-state index is 0.342. The van der Waals surface area contributed by atoms with E-state index in [-0.39, 0.29) is 0 Å². The summed E-state index contributed by atoms with van der Waals surface area (Å²) in [5, 5.41) is 0. The number of aromatic amines is 1. The quantitative estimate of drug-likeness (QED) is 0.575. The molecule has 0 fully saturated rings. The van der Waals surface area contributed by atoms with Gasteiger partial charge in [0.15, 0.2) is 0 Å². The Bertz CT molecular complexity index is 409. The molecule has 4 heteroatoms. The largest absolute Gasteiger partial charge is 0.422 e. The average Bonchev–Trinajstić information content (AvgIpc) is 2.72. The summed E-state index contributed by atoms with van der Waals surface area (Å²) in [6.07, 6.45) is 2.85. The highest BCUT2D eigenvalue weighted by Crippen LogP contribution is 2.10. The maximum Gasteiger partial charge on any atom is 0.361 e. The van der Waals surface area contributed by atoms with Crippen LogP contribution in [0, 0.1) is 0 Å². The van der Waals surface area contributed by atoms with Crippen LogP contribution in [-0.2, 0) is 0 Å². The van der Waals surface area contributed by atoms with Crippen LogP contribution in [0.25, 0.3) is 0 Å². The highest BCUT2D eigenvalue weighted by molar-refractivity contribution is 5.88. The maximum atomic E-state index is 11.4. The molecule has 0 bridgehead atoms. The number of ether oxygens (including phenoxy) is 1. The van der Waals surface area contributed by atoms with Crippen molar-refractivity contribution < 1.29 is 9.53 Å². The highest BCUT2D eigenvalue weighted by Gasteiger charge is 2.08. The van der Waals surface area contributed by atoms with Crippen LogP contribution in [0.2, 0.25) is 0 Å². The van der Waals surface area contributed by atoms with Crippen molar-refractivity contribution in [3.05, 3.63) is 48.5 Å². The predicted octanol–water partition coefficient (Wildman–Crippen LogP) is 1.63. The highest BCUT2D eigenvalue weighted by atomic mass is 16.5. The molecule has 1 heterocycles. The van der Waals surface area contributed by atoms with E-state index in [1.807, 2.05) is 6.07 Å². The number of carbonyl (C=O) groups is 1. The number of esters is 1. The minimum atomic E-state index is -0.436. The molecule has 0 saturated heterocycles. The molecule has 2 aromatic rings. The van der Waals surface area contributed by atoms with Gasteiger partial charge in [0.1, 0.15) is 11.4 Å². The van der Waals surface area contributed by atoms with E-state index in [1.165, 1.54) is 12.5 Å². The summed E-state index contributed by atoms with van der Waals surface area (Å²) < 4.78 is 5.05. The fraction of sp³-hybridized carbons (Fsp3) is 0. The van der Waals surface area contributed by atoms with Crippen LogP contribution in [-0.4, -0.2) is 15.9 Å². The first kappa shape index (κ1) is 8.50. The fourth-order valence-corrected chi connectivity index (χ4v) is 1.02. The second-order valence-corrected chi connectivity index (χ2v) is 2.67. The van der Waals surface area contributed by atoms with Crippen LogP contribution in [0.3, 0.4) is 0 Å². The third-order valence-corrected chi connectivity index (χ3v) is 1.67. The van der Waals surface area contributed by atoms with Crippen LogP contribution in [0.4, 0.5) is 0 Å². The number of hydrogen-bond donors (Lipinski definition) is 1. The Morgan fingerprint density at radius 2 is 2.07 bits per heavy atom. The molecule has 4 nitrogen and oxygen atoms in total. The molecule has 0 spiro atoms. The number of benzene rings is 1. The van der Waals surface area contributed by atoms with Crippen molar-refractivity contribution in [1.29, 1.82) is 0 Å². The van der Waals surface area contributed by atoms with Crippen LogP contribution in [0.15, 0.2) is 42.9 Å². The summed E-state index contributed by atoms with van der Waals surface area (Å²) in [7, 11) is 0. The Balaban J connectivity index is 2.10. The second kappa shape index (κ2) is 3.74. The van der Waals surface area contributed by atoms with E-state index in [4.69, 9.17) is 4.74 Å². The van der Waals surface area contributed by atoms with Crippen LogP contribution in [0.5, 0.6) is 5.75 Å². The Labute approximate surface area is 80.6 Å². The van der Waals surface area contributed by atoms with Gasteiger partial charge in [-0.15, -0.1) is 0 Å². The van der Waals surface area contributed by atoms with E-state index < -0.39 is 5.97 Å². The lowest BCUT2D eigenvalue weighted by Gasteiger charge is -2.00. The molecule has 0 unspecified atom stereocenters. The first-order valence-corrected chi connectivity index (χ1v) is 4.12. The summed E-state index contributed by atoms with van der Waals surface area (Å²) in [6.45, 7) is 0. The van der Waals surface area contributed by atoms with Crippen LogP contribution in [0.1, 0.15) is 10.5 Å². The Kier molecular flexibility index (Phi) is 2.27. The summed E-state index contributed by atoms with van der Waals surface area (Å²) in [4.78, 5) is 17.8. The summed E-state index contributed by atoms with van der Waals surface area (Å²) in [5.41, 5.74) is 0.342. The molecule has 1 aromatic carbocycles. The van der Waals surface area contributed by atoms with E-state index in [0.717, 1.165) is 0 Å². The molecule has 1 N–H and O–H groups in total. The normalized spacial score (nSPS) is 9.71. The third-order valence-electron chi connectivity index (χ3n) is 1.67. The molecule has 0 radical (unpaired) electrons. The Morgan fingerprint density at radius 1 is 1.29 bits per heavy atom. The molecule has 1 aromatic heterocycles. The van der Waals surface area contributed by atoms with Crippen LogP contribution < -0.4 is 4.74 Å². The molecule has 0 amide bonds. The summed E-state index contributed by atoms with van der Waals surface area (Å²) in [5.74, 6) is 0.0841. The van der Waals surface area contributed by atoms with Crippen molar-refractivity contribution >= 4 is 5.97 Å². The van der Waals surface area contributed by atoms with Gasteiger partial charge >= 0.3 is 5.97 Å². The molecule has 0 aliphatic carbocycles. The number of rotatable bonds is 2. The maximum absolute atomic E-state index is 11.4. The van der Waals surface area contributed by atoms with Gasteiger partial charge in [-0.25, -0.2) is 9.78 Å². The molecule has 0 aliphatic rings. The van der Waals surface area contributed by atoms with Gasteiger partial charge in [-0.05, 0) is 12.1 Å². The molecule has 0 saturated carbocycles. The molecule has 2 rings (SSSR count). The van der Waals surface area contributed by atoms with Crippen molar-refractivity contribution in [2.24, 2.45) is 0 Å². The zero-order chi connectivity index (χ0) is 9.80. The van der Waals surface area contributed by atoms with E-state index in [9.17, 15) is 4.79 Å². The van der Waals surface area contributed by atoms with Gasteiger partial charge in [-0.3, -0.25) is 0 Å². The number of aromatic nitrogens is 2. The van der Waals surface area contributed by atoms with Gasteiger partial charge in [-0.2, -0.15) is 0 Å². The lowest BCUT2D eigenvalue weighted by Crippen LogP contribution is -2.08. The van der Waals surface area contributed by atoms with Gasteiger partial charge < -0.3 is 9.72 Å². The van der Waals surface area contributed by atoms with Gasteiger partial charge in [0.25, 0.3) is 0 Å². The Morgan fingerprint density at radius 3 is 2.71 bits per heavy atom. The van der Waals surface area contributed by atoms with Crippen LogP contribution >= 0.6 is 0 Å². The van der Waals surface area contributed by atoms with Gasteiger partial charge in [0.2, 0.25) is 0 Å². The van der Waals surface area contributed by atoms with E-state index in [2.05, 4.69) is 9.97 Å². The predicted molar refractivity (Wildman–Crippen MR) is 50.0 cm³/mol. The molecular formula is C10H8N2O2. The van der Waals surface area contributed by atoms with Crippen molar-refractivity contribution in [3.63, 3.8) is 0 Å². The lowest BCUT2D eigenvalue weighted by atomic mass is 10.3. The van der Waals surface area contributed by atoms with E-state index >= 15 is 0 Å². The molecule has 0 aliphatic heterocycles. The fourth-order valence-electron chi connectivity index (χ4n) is 1.02. The monoisotopic (exact) mass is 188 g/mol. The number of nitrogens with zero attached hydrogens (tertiary/aromatic N) is 1. The van der Waals surface area contributed by atoms with E-state index in [0.29, 0.717) is 11.4 Å². The molecular weight excluding hydrogens is 180 g/mol. The summed E-state index contributed by atoms with van der Waals surface area (Å²) in [6, 6.07) is 8.89. The molecule has 70 valence electrons. The average molecular weight is 188 g/mol. The number of carbonyl (C=O) groups excluding carboxylic acids is 1. The second-order valence-electron chi connectivity index (χ2n) is 2.67. The van der Waals surface area contributed by atoms with E-state index in [1.54, 1.807) is 24.3 Å². The van der Waals surface area contributed by atoms with Gasteiger partial charge in [0.05, 0.1) is 12.5 Å². The SMILES string of the molecule is O=C(Oc1ccccc1)c1cnc[nH]1. The minimum Gasteiger partial charge on any atom is -0.422 e. The number of hydrogen-bond acceptors (Lipinski definition) is 3. The zero-order valence-electron chi connectivity index (χ0n) is 7.31. The lowest BCUT2D eigenvalue weighted by molar-refractivity contribution is 0.0729. The standard InChI is InChI=1S/C10H8N2O2/c13-10(9-6-11-7-12-9)14-8-4-2-1-3-5-8/h1-7H,(H,11,12). The third kappa shape index (κ3) is 1.80. The molecule has 14 heavy (non-hydrogen) atoms. The Hall–Kier alpha value is -2.10. The first-order valence-electron chi connectivity index (χ1n) is 4.12. The summed E-state index contributed by atoms with van der Waals surface area (Å²) >= 11 is 0. The number of para-hydroxylation sites is 1. The van der Waals surface area contributed by atoms with Crippen molar-refractivity contribution in [1.82, 2.24) is 9.97 Å². The number of H-pyrrole nitrogens is 1. The van der Waals surface area contributed by atoms with Crippen molar-refractivity contribution in [3.8, 4) is 5.75 Å². The topological polar surface area (TPSA) is 55.0 Å². The number of imidazole rings is 1. The van der Waals surface area contributed by atoms with Crippen molar-refractivity contribution in [2.45, 2.75) is 0 Å². The van der Waals surface area contributed by atoms with Gasteiger partial charge in [-0.1, -0.05) is 18.2 Å². The van der Waals surface area contributed by atoms with Gasteiger partial charge in [0, 0.05) is 0 Å².